The number of benzene rings is 1. The van der Waals surface area contributed by atoms with Gasteiger partial charge in [-0.15, -0.1) is 11.3 Å². The topological polar surface area (TPSA) is 86.2 Å². The molecular weight excluding hydrogens is 296 g/mol. The van der Waals surface area contributed by atoms with E-state index in [9.17, 15) is 8.42 Å². The van der Waals surface area contributed by atoms with Crippen LogP contribution < -0.4 is 5.73 Å². The minimum atomic E-state index is -3.26. The molecule has 0 atom stereocenters. The first kappa shape index (κ1) is 13.1. The van der Waals surface area contributed by atoms with Gasteiger partial charge in [-0.3, -0.25) is 0 Å². The van der Waals surface area contributed by atoms with Gasteiger partial charge < -0.3 is 10.2 Å². The molecular formula is C13H12N2O3S2. The zero-order valence-electron chi connectivity index (χ0n) is 10.9. The van der Waals surface area contributed by atoms with Crippen molar-refractivity contribution in [3.63, 3.8) is 0 Å². The van der Waals surface area contributed by atoms with Crippen LogP contribution in [0.25, 0.3) is 22.6 Å². The van der Waals surface area contributed by atoms with E-state index in [1.54, 1.807) is 6.07 Å². The van der Waals surface area contributed by atoms with Crippen molar-refractivity contribution in [2.45, 2.75) is 11.8 Å². The summed E-state index contributed by atoms with van der Waals surface area (Å²) in [6, 6.07) is 6.53. The fraction of sp³-hybridized carbons (Fsp3) is 0.154. The predicted octanol–water partition coefficient (Wildman–Crippen LogP) is 2.85. The van der Waals surface area contributed by atoms with E-state index in [0.29, 0.717) is 22.0 Å². The molecule has 0 amide bonds. The standard InChI is InChI=1S/C13H12N2O3S2/c1-7-5-9(12(14)19-7)13-15-10-6-8(20(2,16)17)3-4-11(10)18-13/h3-6H,14H2,1-2H3. The van der Waals surface area contributed by atoms with Gasteiger partial charge in [0, 0.05) is 11.1 Å². The minimum absolute atomic E-state index is 0.222. The lowest BCUT2D eigenvalue weighted by atomic mass is 10.3. The summed E-state index contributed by atoms with van der Waals surface area (Å²) >= 11 is 1.46. The van der Waals surface area contributed by atoms with Crippen LogP contribution in [0.3, 0.4) is 0 Å². The molecule has 104 valence electrons. The maximum atomic E-state index is 11.5. The Morgan fingerprint density at radius 2 is 2.05 bits per heavy atom. The molecule has 0 bridgehead atoms. The number of hydrogen-bond acceptors (Lipinski definition) is 6. The van der Waals surface area contributed by atoms with Crippen molar-refractivity contribution in [3.05, 3.63) is 29.1 Å². The molecule has 0 aliphatic heterocycles. The van der Waals surface area contributed by atoms with Crippen LogP contribution in [-0.4, -0.2) is 19.7 Å². The maximum absolute atomic E-state index is 11.5. The van der Waals surface area contributed by atoms with Crippen LogP contribution in [0.15, 0.2) is 33.6 Å². The van der Waals surface area contributed by atoms with Gasteiger partial charge in [-0.25, -0.2) is 13.4 Å². The zero-order valence-corrected chi connectivity index (χ0v) is 12.5. The van der Waals surface area contributed by atoms with Crippen molar-refractivity contribution < 1.29 is 12.8 Å². The van der Waals surface area contributed by atoms with Crippen molar-refractivity contribution in [2.24, 2.45) is 0 Å². The van der Waals surface area contributed by atoms with Gasteiger partial charge in [0.1, 0.15) is 5.52 Å². The van der Waals surface area contributed by atoms with E-state index in [1.807, 2.05) is 13.0 Å². The number of rotatable bonds is 2. The third-order valence-corrected chi connectivity index (χ3v) is 4.89. The van der Waals surface area contributed by atoms with Crippen LogP contribution in [-0.2, 0) is 9.84 Å². The molecule has 3 aromatic rings. The number of aromatic nitrogens is 1. The summed E-state index contributed by atoms with van der Waals surface area (Å²) in [7, 11) is -3.26. The van der Waals surface area contributed by atoms with Crippen LogP contribution >= 0.6 is 11.3 Å². The SMILES string of the molecule is Cc1cc(-c2nc3cc(S(C)(=O)=O)ccc3o2)c(N)s1. The molecule has 0 fully saturated rings. The van der Waals surface area contributed by atoms with E-state index in [2.05, 4.69) is 4.98 Å². The second kappa shape index (κ2) is 4.32. The number of hydrogen-bond donors (Lipinski definition) is 1. The van der Waals surface area contributed by atoms with E-state index in [1.165, 1.54) is 23.5 Å². The molecule has 5 nitrogen and oxygen atoms in total. The number of sulfone groups is 1. The number of nitrogens with zero attached hydrogens (tertiary/aromatic N) is 1. The number of aryl methyl sites for hydroxylation is 1. The fourth-order valence-corrected chi connectivity index (χ4v) is 3.37. The second-order valence-electron chi connectivity index (χ2n) is 4.56. The highest BCUT2D eigenvalue weighted by molar-refractivity contribution is 7.90. The fourth-order valence-electron chi connectivity index (χ4n) is 1.95. The first-order valence-corrected chi connectivity index (χ1v) is 8.52. The van der Waals surface area contributed by atoms with Gasteiger partial charge in [0.05, 0.1) is 15.5 Å². The number of oxazole rings is 1. The summed E-state index contributed by atoms with van der Waals surface area (Å²) in [6.45, 7) is 1.95. The molecule has 3 rings (SSSR count). The Hall–Kier alpha value is -1.86. The molecule has 0 saturated carbocycles. The molecule has 7 heteroatoms. The van der Waals surface area contributed by atoms with E-state index in [4.69, 9.17) is 10.2 Å². The highest BCUT2D eigenvalue weighted by Crippen LogP contribution is 2.34. The summed E-state index contributed by atoms with van der Waals surface area (Å²) in [5, 5.41) is 0.636. The molecule has 0 aliphatic rings. The van der Waals surface area contributed by atoms with E-state index in [-0.39, 0.29) is 4.90 Å². The quantitative estimate of drug-likeness (QED) is 0.786. The van der Waals surface area contributed by atoms with Crippen molar-refractivity contribution in [2.75, 3.05) is 12.0 Å². The van der Waals surface area contributed by atoms with Crippen molar-refractivity contribution in [1.82, 2.24) is 4.98 Å². The zero-order chi connectivity index (χ0) is 14.5. The van der Waals surface area contributed by atoms with E-state index >= 15 is 0 Å². The summed E-state index contributed by atoms with van der Waals surface area (Å²) in [6.07, 6.45) is 1.16. The lowest BCUT2D eigenvalue weighted by Gasteiger charge is -1.95. The van der Waals surface area contributed by atoms with Crippen LogP contribution in [0.2, 0.25) is 0 Å². The summed E-state index contributed by atoms with van der Waals surface area (Å²) in [5.41, 5.74) is 7.70. The average molecular weight is 308 g/mol. The van der Waals surface area contributed by atoms with Crippen LogP contribution in [0.5, 0.6) is 0 Å². The molecule has 0 aliphatic carbocycles. The normalized spacial score (nSPS) is 12.1. The number of nitrogen functional groups attached to an aromatic ring is 1. The summed E-state index contributed by atoms with van der Waals surface area (Å²) in [5.74, 6) is 0.410. The van der Waals surface area contributed by atoms with Gasteiger partial charge in [-0.2, -0.15) is 0 Å². The van der Waals surface area contributed by atoms with Gasteiger partial charge >= 0.3 is 0 Å². The molecule has 0 spiro atoms. The number of thiophene rings is 1. The molecule has 0 saturated heterocycles. The smallest absolute Gasteiger partial charge is 0.230 e. The summed E-state index contributed by atoms with van der Waals surface area (Å²) < 4.78 is 28.7. The summed E-state index contributed by atoms with van der Waals surface area (Å²) in [4.78, 5) is 5.61. The maximum Gasteiger partial charge on any atom is 0.230 e. The van der Waals surface area contributed by atoms with Crippen LogP contribution in [0.1, 0.15) is 4.88 Å². The van der Waals surface area contributed by atoms with Crippen molar-refractivity contribution in [1.29, 1.82) is 0 Å². The minimum Gasteiger partial charge on any atom is -0.436 e. The van der Waals surface area contributed by atoms with Crippen LogP contribution in [0, 0.1) is 6.92 Å². The highest BCUT2D eigenvalue weighted by Gasteiger charge is 2.15. The molecule has 1 aromatic carbocycles. The van der Waals surface area contributed by atoms with Crippen molar-refractivity contribution >= 4 is 37.3 Å². The second-order valence-corrected chi connectivity index (χ2v) is 7.86. The Morgan fingerprint density at radius 1 is 1.30 bits per heavy atom. The van der Waals surface area contributed by atoms with Gasteiger partial charge in [-0.1, -0.05) is 0 Å². The third kappa shape index (κ3) is 2.19. The Kier molecular flexibility index (Phi) is 2.84. The number of anilines is 1. The molecule has 0 radical (unpaired) electrons. The average Bonchev–Trinajstić information content (AvgIpc) is 2.89. The lowest BCUT2D eigenvalue weighted by Crippen LogP contribution is -1.95. The molecule has 2 heterocycles. The van der Waals surface area contributed by atoms with E-state index < -0.39 is 9.84 Å². The monoisotopic (exact) mass is 308 g/mol. The van der Waals surface area contributed by atoms with Gasteiger partial charge in [-0.05, 0) is 31.2 Å². The largest absolute Gasteiger partial charge is 0.436 e. The Balaban J connectivity index is 2.18. The first-order chi connectivity index (χ1) is 9.34. The Morgan fingerprint density at radius 3 is 2.65 bits per heavy atom. The van der Waals surface area contributed by atoms with Gasteiger partial charge in [0.25, 0.3) is 0 Å². The number of fused-ring (bicyclic) bond motifs is 1. The predicted molar refractivity (Wildman–Crippen MR) is 79.6 cm³/mol. The molecule has 0 unspecified atom stereocenters. The molecule has 2 N–H and O–H groups in total. The third-order valence-electron chi connectivity index (χ3n) is 2.90. The van der Waals surface area contributed by atoms with Gasteiger partial charge in [0.2, 0.25) is 5.89 Å². The Labute approximate surface area is 120 Å². The highest BCUT2D eigenvalue weighted by atomic mass is 32.2. The van der Waals surface area contributed by atoms with E-state index in [0.717, 1.165) is 16.7 Å². The first-order valence-electron chi connectivity index (χ1n) is 5.81. The van der Waals surface area contributed by atoms with Crippen molar-refractivity contribution in [3.8, 4) is 11.5 Å². The number of nitrogens with two attached hydrogens (primary N) is 1. The van der Waals surface area contributed by atoms with Crippen LogP contribution in [0.4, 0.5) is 5.00 Å². The van der Waals surface area contributed by atoms with Gasteiger partial charge in [0.15, 0.2) is 15.4 Å². The molecule has 2 aromatic heterocycles. The Bertz CT molecular complexity index is 907. The molecule has 20 heavy (non-hydrogen) atoms. The lowest BCUT2D eigenvalue weighted by molar-refractivity contribution is 0.602.